The highest BCUT2D eigenvalue weighted by molar-refractivity contribution is 5.66. The molecule has 3 aliphatic carbocycles. The Morgan fingerprint density at radius 2 is 1.72 bits per heavy atom. The third-order valence-electron chi connectivity index (χ3n) is 9.32. The minimum atomic E-state index is -0.507. The van der Waals surface area contributed by atoms with Crippen molar-refractivity contribution in [2.45, 2.75) is 85.9 Å². The van der Waals surface area contributed by atoms with E-state index in [0.717, 1.165) is 25.2 Å². The Balaban J connectivity index is 1.69. The minimum absolute atomic E-state index is 0.0215. The van der Waals surface area contributed by atoms with Crippen LogP contribution in [0, 0.1) is 39.9 Å². The van der Waals surface area contributed by atoms with Crippen LogP contribution in [-0.2, 0) is 23.8 Å². The van der Waals surface area contributed by atoms with Gasteiger partial charge >= 0.3 is 11.9 Å². The average Bonchev–Trinajstić information content (AvgIpc) is 2.61. The van der Waals surface area contributed by atoms with E-state index in [4.69, 9.17) is 14.2 Å². The normalized spacial score (nSPS) is 45.5. The van der Waals surface area contributed by atoms with Gasteiger partial charge in [0.15, 0.2) is 0 Å². The Morgan fingerprint density at radius 1 is 0.966 bits per heavy atom. The van der Waals surface area contributed by atoms with Gasteiger partial charge in [0.05, 0.1) is 13.2 Å². The lowest BCUT2D eigenvalue weighted by atomic mass is 9.38. The Morgan fingerprint density at radius 3 is 2.41 bits per heavy atom. The van der Waals surface area contributed by atoms with E-state index >= 15 is 0 Å². The van der Waals surface area contributed by atoms with Gasteiger partial charge in [-0.1, -0.05) is 27.2 Å². The van der Waals surface area contributed by atoms with Crippen molar-refractivity contribution in [2.75, 3.05) is 13.2 Å². The lowest BCUT2D eigenvalue weighted by molar-refractivity contribution is -0.301. The van der Waals surface area contributed by atoms with Crippen LogP contribution in [-0.4, -0.2) is 31.4 Å². The van der Waals surface area contributed by atoms with Gasteiger partial charge in [-0.3, -0.25) is 9.59 Å². The van der Waals surface area contributed by atoms with Crippen molar-refractivity contribution < 1.29 is 23.8 Å². The smallest absolute Gasteiger partial charge is 0.304 e. The van der Waals surface area contributed by atoms with Crippen LogP contribution in [0.2, 0.25) is 0 Å². The zero-order chi connectivity index (χ0) is 21.0. The monoisotopic (exact) mass is 406 g/mol. The van der Waals surface area contributed by atoms with Crippen LogP contribution in [0.25, 0.3) is 0 Å². The van der Waals surface area contributed by atoms with Crippen molar-refractivity contribution >= 4 is 11.9 Å². The Kier molecular flexibility index (Phi) is 5.28. The third-order valence-corrected chi connectivity index (χ3v) is 9.32. The highest BCUT2D eigenvalue weighted by Crippen LogP contribution is 2.70. The highest BCUT2D eigenvalue weighted by atomic mass is 16.7. The number of hydrogen-bond donors (Lipinski definition) is 0. The van der Waals surface area contributed by atoms with Crippen LogP contribution in [0.15, 0.2) is 0 Å². The van der Waals surface area contributed by atoms with E-state index in [9.17, 15) is 9.59 Å². The van der Waals surface area contributed by atoms with Crippen molar-refractivity contribution in [3.8, 4) is 0 Å². The maximum Gasteiger partial charge on any atom is 0.304 e. The Hall–Kier alpha value is -1.10. The number of ether oxygens (including phenoxy) is 3. The molecule has 3 saturated carbocycles. The quantitative estimate of drug-likeness (QED) is 0.635. The minimum Gasteiger partial charge on any atom is -0.466 e. The summed E-state index contributed by atoms with van der Waals surface area (Å²) in [6.45, 7) is 11.4. The number of carbonyl (C=O) groups excluding carboxylic acids is 2. The van der Waals surface area contributed by atoms with Crippen molar-refractivity contribution in [2.24, 2.45) is 39.9 Å². The summed E-state index contributed by atoms with van der Waals surface area (Å²) in [5, 5.41) is 0. The first-order valence-corrected chi connectivity index (χ1v) is 11.5. The predicted octanol–water partition coefficient (Wildman–Crippen LogP) is 4.72. The van der Waals surface area contributed by atoms with E-state index in [1.165, 1.54) is 39.5 Å². The molecule has 0 aromatic carbocycles. The number of esters is 2. The summed E-state index contributed by atoms with van der Waals surface area (Å²) < 4.78 is 17.4. The third kappa shape index (κ3) is 3.32. The van der Waals surface area contributed by atoms with Crippen LogP contribution in [0.5, 0.6) is 0 Å². The Bertz CT molecular complexity index is 672. The number of carbonyl (C=O) groups is 2. The van der Waals surface area contributed by atoms with Gasteiger partial charge in [0.2, 0.25) is 6.29 Å². The molecule has 2 bridgehead atoms. The lowest BCUT2D eigenvalue weighted by Gasteiger charge is -2.68. The molecule has 0 aromatic rings. The van der Waals surface area contributed by atoms with Crippen molar-refractivity contribution in [1.29, 1.82) is 0 Å². The molecular weight excluding hydrogens is 368 g/mol. The summed E-state index contributed by atoms with van der Waals surface area (Å²) in [6.07, 6.45) is 7.85. The van der Waals surface area contributed by atoms with Crippen molar-refractivity contribution in [3.05, 3.63) is 0 Å². The Labute approximate surface area is 175 Å². The molecule has 5 nitrogen and oxygen atoms in total. The fourth-order valence-electron chi connectivity index (χ4n) is 8.34. The van der Waals surface area contributed by atoms with Crippen LogP contribution >= 0.6 is 0 Å². The SMILES string of the molecule is CC(=O)OC[C@@H]1[C@H]2CC[C@@H]3[C@@]4(C)CCCC(C)(C)[C@@H]4CC[C@@]13COC2OC(C)=O. The van der Waals surface area contributed by atoms with Crippen molar-refractivity contribution in [1.82, 2.24) is 0 Å². The summed E-state index contributed by atoms with van der Waals surface area (Å²) >= 11 is 0. The fraction of sp³-hybridized carbons (Fsp3) is 0.917. The molecule has 29 heavy (non-hydrogen) atoms. The molecular formula is C24H38O5. The maximum absolute atomic E-state index is 11.7. The van der Waals surface area contributed by atoms with Gasteiger partial charge in [0.1, 0.15) is 0 Å². The zero-order valence-electron chi connectivity index (χ0n) is 18.8. The van der Waals surface area contributed by atoms with Gasteiger partial charge in [0, 0.05) is 31.1 Å². The fourth-order valence-corrected chi connectivity index (χ4v) is 8.34. The molecule has 1 spiro atoms. The first kappa shape index (κ1) is 21.1. The number of rotatable bonds is 3. The molecule has 7 atom stereocenters. The van der Waals surface area contributed by atoms with Gasteiger partial charge in [-0.15, -0.1) is 0 Å². The summed E-state index contributed by atoms with van der Waals surface area (Å²) in [7, 11) is 0. The molecule has 164 valence electrons. The number of fused-ring (bicyclic) bond motifs is 3. The maximum atomic E-state index is 11.7. The summed E-state index contributed by atoms with van der Waals surface area (Å²) in [5.74, 6) is 1.08. The van der Waals surface area contributed by atoms with Gasteiger partial charge in [0.25, 0.3) is 0 Å². The van der Waals surface area contributed by atoms with Crippen LogP contribution in [0.3, 0.4) is 0 Å². The second kappa shape index (κ2) is 7.25. The van der Waals surface area contributed by atoms with Gasteiger partial charge < -0.3 is 14.2 Å². The van der Waals surface area contributed by atoms with E-state index in [2.05, 4.69) is 20.8 Å². The van der Waals surface area contributed by atoms with Gasteiger partial charge in [-0.05, 0) is 61.2 Å². The molecule has 1 heterocycles. The molecule has 4 fully saturated rings. The van der Waals surface area contributed by atoms with E-state index < -0.39 is 6.29 Å². The summed E-state index contributed by atoms with van der Waals surface area (Å²) in [5.41, 5.74) is 0.706. The lowest BCUT2D eigenvalue weighted by Crippen LogP contribution is -2.66. The molecule has 5 heteroatoms. The molecule has 1 saturated heterocycles. The first-order chi connectivity index (χ1) is 13.6. The van der Waals surface area contributed by atoms with E-state index in [-0.39, 0.29) is 29.2 Å². The molecule has 4 aliphatic rings. The standard InChI is InChI=1S/C24H38O5/c1-15(25)27-13-18-17-7-8-20-23(5)11-6-10-22(3,4)19(23)9-12-24(18,20)14-28-21(17)29-16(2)26/h17-21H,6-14H2,1-5H3/t17-,18-,19+,20-,21?,23+,24-/m1/s1. The molecule has 4 rings (SSSR count). The van der Waals surface area contributed by atoms with Crippen LogP contribution in [0.4, 0.5) is 0 Å². The largest absolute Gasteiger partial charge is 0.466 e. The summed E-state index contributed by atoms with van der Waals surface area (Å²) in [4.78, 5) is 23.3. The molecule has 0 amide bonds. The average molecular weight is 407 g/mol. The highest BCUT2D eigenvalue weighted by Gasteiger charge is 2.66. The molecule has 1 unspecified atom stereocenters. The molecule has 0 N–H and O–H groups in total. The van der Waals surface area contributed by atoms with E-state index in [0.29, 0.717) is 30.0 Å². The van der Waals surface area contributed by atoms with Crippen LogP contribution in [0.1, 0.15) is 79.6 Å². The second-order valence-electron chi connectivity index (χ2n) is 11.2. The first-order valence-electron chi connectivity index (χ1n) is 11.5. The van der Waals surface area contributed by atoms with Crippen LogP contribution < -0.4 is 0 Å². The zero-order valence-corrected chi connectivity index (χ0v) is 18.8. The topological polar surface area (TPSA) is 61.8 Å². The second-order valence-corrected chi connectivity index (χ2v) is 11.2. The molecule has 0 radical (unpaired) electrons. The van der Waals surface area contributed by atoms with Gasteiger partial charge in [-0.2, -0.15) is 0 Å². The molecule has 0 aromatic heterocycles. The van der Waals surface area contributed by atoms with Gasteiger partial charge in [-0.25, -0.2) is 0 Å². The van der Waals surface area contributed by atoms with E-state index in [1.54, 1.807) is 0 Å². The van der Waals surface area contributed by atoms with E-state index in [1.807, 2.05) is 0 Å². The summed E-state index contributed by atoms with van der Waals surface area (Å²) in [6, 6.07) is 0. The van der Waals surface area contributed by atoms with Crippen molar-refractivity contribution in [3.63, 3.8) is 0 Å². The molecule has 1 aliphatic heterocycles. The predicted molar refractivity (Wildman–Crippen MR) is 109 cm³/mol. The number of hydrogen-bond acceptors (Lipinski definition) is 5.